The van der Waals surface area contributed by atoms with Crippen molar-refractivity contribution in [3.63, 3.8) is 0 Å². The van der Waals surface area contributed by atoms with E-state index in [0.717, 1.165) is 28.3 Å². The predicted molar refractivity (Wildman–Crippen MR) is 130 cm³/mol. The van der Waals surface area contributed by atoms with Crippen molar-refractivity contribution in [2.24, 2.45) is 5.10 Å². The number of ether oxygens (including phenoxy) is 1. The quantitative estimate of drug-likeness (QED) is 0.329. The van der Waals surface area contributed by atoms with Crippen LogP contribution in [-0.2, 0) is 20.9 Å². The van der Waals surface area contributed by atoms with E-state index in [9.17, 15) is 14.4 Å². The summed E-state index contributed by atoms with van der Waals surface area (Å²) < 4.78 is 4.95. The van der Waals surface area contributed by atoms with Gasteiger partial charge in [0.15, 0.2) is 5.17 Å². The molecular weight excluding hydrogens is 440 g/mol. The molecule has 1 saturated heterocycles. The molecule has 33 heavy (non-hydrogen) atoms. The van der Waals surface area contributed by atoms with Crippen LogP contribution in [0.25, 0.3) is 10.9 Å². The molecule has 2 heterocycles. The van der Waals surface area contributed by atoms with Gasteiger partial charge in [0.25, 0.3) is 11.5 Å². The number of carbonyl (C=O) groups excluding carboxylic acids is 2. The summed E-state index contributed by atoms with van der Waals surface area (Å²) in [6.07, 6.45) is 1.18. The van der Waals surface area contributed by atoms with E-state index in [1.807, 2.05) is 55.5 Å². The Bertz CT molecular complexity index is 1330. The molecule has 0 unspecified atom stereocenters. The Morgan fingerprint density at radius 2 is 1.97 bits per heavy atom. The number of hydrazone groups is 1. The number of fused-ring (bicyclic) bond motifs is 1. The molecule has 1 aromatic heterocycles. The highest BCUT2D eigenvalue weighted by atomic mass is 32.2. The Balaban J connectivity index is 1.69. The lowest BCUT2D eigenvalue weighted by atomic mass is 10.1. The van der Waals surface area contributed by atoms with Crippen LogP contribution in [-0.4, -0.2) is 33.5 Å². The predicted octanol–water partition coefficient (Wildman–Crippen LogP) is 3.74. The van der Waals surface area contributed by atoms with Crippen molar-refractivity contribution in [2.45, 2.75) is 20.4 Å². The minimum absolute atomic E-state index is 0.215. The van der Waals surface area contributed by atoms with Gasteiger partial charge in [0, 0.05) is 17.5 Å². The number of pyridine rings is 1. The third-order valence-electron chi connectivity index (χ3n) is 4.88. The van der Waals surface area contributed by atoms with E-state index in [-0.39, 0.29) is 29.5 Å². The number of H-pyrrole nitrogens is 1. The summed E-state index contributed by atoms with van der Waals surface area (Å²) in [7, 11) is 0. The largest absolute Gasteiger partial charge is 0.463 e. The summed E-state index contributed by atoms with van der Waals surface area (Å²) in [6, 6.07) is 16.6. The van der Waals surface area contributed by atoms with E-state index >= 15 is 0 Å². The van der Waals surface area contributed by atoms with Crippen LogP contribution in [0.1, 0.15) is 18.1 Å². The number of thioether (sulfide) groups is 1. The summed E-state index contributed by atoms with van der Waals surface area (Å²) in [5.74, 6) is -0.928. The van der Waals surface area contributed by atoms with Gasteiger partial charge in [-0.15, -0.1) is 5.10 Å². The SMILES string of the molecule is CCOC(=O)/C=C1\S/C(=N\Nc2cc(=O)[nH]c3ccc(C)cc23)N(Cc2ccccc2)C1=O. The van der Waals surface area contributed by atoms with Crippen molar-refractivity contribution >= 4 is 45.4 Å². The number of nitrogens with zero attached hydrogens (tertiary/aromatic N) is 2. The van der Waals surface area contributed by atoms with Crippen LogP contribution >= 0.6 is 11.8 Å². The smallest absolute Gasteiger partial charge is 0.332 e. The molecule has 2 N–H and O–H groups in total. The van der Waals surface area contributed by atoms with E-state index in [1.54, 1.807) is 6.92 Å². The second kappa shape index (κ2) is 9.74. The van der Waals surface area contributed by atoms with Gasteiger partial charge in [-0.1, -0.05) is 42.0 Å². The zero-order valence-corrected chi connectivity index (χ0v) is 18.9. The van der Waals surface area contributed by atoms with Crippen molar-refractivity contribution in [1.29, 1.82) is 0 Å². The Morgan fingerprint density at radius 1 is 1.18 bits per heavy atom. The van der Waals surface area contributed by atoms with E-state index in [1.165, 1.54) is 17.0 Å². The molecule has 1 aliphatic heterocycles. The number of amidine groups is 1. The van der Waals surface area contributed by atoms with Crippen LogP contribution in [0.4, 0.5) is 5.69 Å². The lowest BCUT2D eigenvalue weighted by Gasteiger charge is -2.16. The molecule has 2 aromatic carbocycles. The third kappa shape index (κ3) is 5.15. The van der Waals surface area contributed by atoms with Crippen molar-refractivity contribution in [2.75, 3.05) is 12.0 Å². The minimum Gasteiger partial charge on any atom is -0.463 e. The molecule has 8 nitrogen and oxygen atoms in total. The van der Waals surface area contributed by atoms with E-state index in [4.69, 9.17) is 4.74 Å². The molecule has 0 bridgehead atoms. The Hall–Kier alpha value is -3.85. The molecule has 0 spiro atoms. The fraction of sp³-hybridized carbons (Fsp3) is 0.167. The van der Waals surface area contributed by atoms with E-state index in [0.29, 0.717) is 16.4 Å². The number of aromatic amines is 1. The Labute approximate surface area is 194 Å². The first-order valence-electron chi connectivity index (χ1n) is 10.3. The molecule has 1 aliphatic rings. The maximum absolute atomic E-state index is 13.0. The first-order valence-corrected chi connectivity index (χ1v) is 11.2. The maximum Gasteiger partial charge on any atom is 0.332 e. The van der Waals surface area contributed by atoms with Crippen molar-refractivity contribution in [1.82, 2.24) is 9.88 Å². The fourth-order valence-corrected chi connectivity index (χ4v) is 4.25. The maximum atomic E-state index is 13.0. The van der Waals surface area contributed by atoms with Gasteiger partial charge in [-0.3, -0.25) is 19.9 Å². The van der Waals surface area contributed by atoms with Crippen LogP contribution in [0.15, 0.2) is 75.5 Å². The fourth-order valence-electron chi connectivity index (χ4n) is 3.36. The number of hydrogen-bond donors (Lipinski definition) is 2. The summed E-state index contributed by atoms with van der Waals surface area (Å²) >= 11 is 1.07. The molecule has 168 valence electrons. The van der Waals surface area contributed by atoms with E-state index in [2.05, 4.69) is 15.5 Å². The molecule has 0 atom stereocenters. The Kier molecular flexibility index (Phi) is 6.60. The molecule has 0 aliphatic carbocycles. The number of nitrogens with one attached hydrogen (secondary N) is 2. The zero-order valence-electron chi connectivity index (χ0n) is 18.1. The zero-order chi connectivity index (χ0) is 23.4. The van der Waals surface area contributed by atoms with Crippen LogP contribution in [0.5, 0.6) is 0 Å². The number of benzene rings is 2. The van der Waals surface area contributed by atoms with Crippen molar-refractivity contribution in [3.05, 3.63) is 87.1 Å². The van der Waals surface area contributed by atoms with Gasteiger partial charge < -0.3 is 9.72 Å². The van der Waals surface area contributed by atoms with Gasteiger partial charge in [-0.25, -0.2) is 4.79 Å². The number of aromatic nitrogens is 1. The van der Waals surface area contributed by atoms with Crippen molar-refractivity contribution in [3.8, 4) is 0 Å². The highest BCUT2D eigenvalue weighted by Gasteiger charge is 2.34. The van der Waals surface area contributed by atoms with Gasteiger partial charge in [-0.05, 0) is 43.3 Å². The molecule has 4 rings (SSSR count). The van der Waals surface area contributed by atoms with Crippen molar-refractivity contribution < 1.29 is 14.3 Å². The minimum atomic E-state index is -0.585. The van der Waals surface area contributed by atoms with Crippen LogP contribution in [0.3, 0.4) is 0 Å². The molecular formula is C24H22N4O4S. The van der Waals surface area contributed by atoms with E-state index < -0.39 is 5.97 Å². The van der Waals surface area contributed by atoms with Gasteiger partial charge >= 0.3 is 5.97 Å². The van der Waals surface area contributed by atoms with Gasteiger partial charge in [-0.2, -0.15) is 0 Å². The van der Waals surface area contributed by atoms with Crippen LogP contribution in [0, 0.1) is 6.92 Å². The molecule has 3 aromatic rings. The molecule has 9 heteroatoms. The lowest BCUT2D eigenvalue weighted by molar-refractivity contribution is -0.137. The summed E-state index contributed by atoms with van der Waals surface area (Å²) in [6.45, 7) is 4.15. The average molecular weight is 463 g/mol. The number of hydrogen-bond acceptors (Lipinski definition) is 7. The second-order valence-electron chi connectivity index (χ2n) is 7.34. The number of carbonyl (C=O) groups is 2. The number of esters is 1. The van der Waals surface area contributed by atoms with Gasteiger partial charge in [0.1, 0.15) is 0 Å². The molecule has 1 fully saturated rings. The summed E-state index contributed by atoms with van der Waals surface area (Å²) in [5.41, 5.74) is 5.80. The first kappa shape index (κ1) is 22.3. The number of amides is 1. The second-order valence-corrected chi connectivity index (χ2v) is 8.35. The van der Waals surface area contributed by atoms with Crippen LogP contribution < -0.4 is 11.0 Å². The Morgan fingerprint density at radius 3 is 2.73 bits per heavy atom. The van der Waals surface area contributed by atoms with Gasteiger partial charge in [0.2, 0.25) is 0 Å². The highest BCUT2D eigenvalue weighted by Crippen LogP contribution is 2.32. The van der Waals surface area contributed by atoms with Gasteiger partial charge in [0.05, 0.1) is 29.3 Å². The lowest BCUT2D eigenvalue weighted by Crippen LogP contribution is -2.29. The first-order chi connectivity index (χ1) is 15.9. The molecule has 0 radical (unpaired) electrons. The number of anilines is 1. The van der Waals surface area contributed by atoms with Crippen LogP contribution in [0.2, 0.25) is 0 Å². The normalized spacial score (nSPS) is 16.1. The summed E-state index contributed by atoms with van der Waals surface area (Å²) in [5, 5.41) is 5.59. The topological polar surface area (TPSA) is 104 Å². The standard InChI is InChI=1S/C24H22N4O4S/c1-3-32-22(30)13-20-23(31)28(14-16-7-5-4-6-8-16)24(33-20)27-26-19-12-21(29)25-18-10-9-15(2)11-17(18)19/h4-13H,3,14H2,1-2H3,(H2,25,26,29)/b20-13-,27-24-. The average Bonchev–Trinajstić information content (AvgIpc) is 3.07. The third-order valence-corrected chi connectivity index (χ3v) is 5.88. The highest BCUT2D eigenvalue weighted by molar-refractivity contribution is 8.18. The monoisotopic (exact) mass is 462 g/mol. The number of rotatable bonds is 6. The number of aryl methyl sites for hydroxylation is 1. The molecule has 0 saturated carbocycles. The summed E-state index contributed by atoms with van der Waals surface area (Å²) in [4.78, 5) is 41.6. The molecule has 1 amide bonds.